The number of carbonyl (C=O) groups excluding carboxylic acids is 4. The monoisotopic (exact) mass is 1010 g/mol. The molecular weight excluding hydrogens is 948 g/mol. The first-order valence-electron chi connectivity index (χ1n) is 25.1. The van der Waals surface area contributed by atoms with Gasteiger partial charge < -0.3 is 35.4 Å². The molecule has 3 saturated heterocycles. The van der Waals surface area contributed by atoms with Crippen LogP contribution in [0.25, 0.3) is 22.2 Å². The number of primary amides is 1. The van der Waals surface area contributed by atoms with Gasteiger partial charge in [0.05, 0.1) is 28.2 Å². The Kier molecular flexibility index (Phi) is 13.8. The van der Waals surface area contributed by atoms with Crippen LogP contribution in [0, 0.1) is 23.5 Å². The maximum absolute atomic E-state index is 16.5. The molecule has 1 aromatic heterocycles. The number of likely N-dealkylation sites (tertiary alicyclic amines) is 2. The fourth-order valence-corrected chi connectivity index (χ4v) is 12.4. The smallest absolute Gasteiger partial charge is 0.329 e. The predicted molar refractivity (Wildman–Crippen MR) is 266 cm³/mol. The fourth-order valence-electron chi connectivity index (χ4n) is 12.1. The summed E-state index contributed by atoms with van der Waals surface area (Å²) in [6.07, 6.45) is 5.45. The third-order valence-corrected chi connectivity index (χ3v) is 16.5. The highest BCUT2D eigenvalue weighted by Crippen LogP contribution is 2.56. The number of rotatable bonds is 14. The number of hydrogen-bond acceptors (Lipinski definition) is 10. The Labute approximate surface area is 420 Å². The van der Waals surface area contributed by atoms with Gasteiger partial charge in [-0.25, -0.2) is 13.6 Å². The minimum atomic E-state index is -1.11. The van der Waals surface area contributed by atoms with Gasteiger partial charge in [-0.15, -0.1) is 0 Å². The molecule has 5 heterocycles. The number of nitrogens with zero attached hydrogens (tertiary/aromatic N) is 4. The number of aromatic nitrogens is 2. The van der Waals surface area contributed by atoms with E-state index in [2.05, 4.69) is 27.7 Å². The van der Waals surface area contributed by atoms with Crippen LogP contribution in [0.5, 0.6) is 11.5 Å². The van der Waals surface area contributed by atoms with Crippen molar-refractivity contribution >= 4 is 46.3 Å². The van der Waals surface area contributed by atoms with E-state index >= 15 is 8.78 Å². The van der Waals surface area contributed by atoms with E-state index < -0.39 is 46.0 Å². The molecule has 380 valence electrons. The number of carbonyl (C=O) groups is 4. The van der Waals surface area contributed by atoms with Crippen LogP contribution in [0.3, 0.4) is 0 Å². The highest BCUT2D eigenvalue weighted by atomic mass is 35.5. The molecule has 4 aromatic carbocycles. The van der Waals surface area contributed by atoms with E-state index in [4.69, 9.17) is 26.8 Å². The van der Waals surface area contributed by atoms with Crippen molar-refractivity contribution in [2.24, 2.45) is 24.6 Å². The fraction of sp³-hybridized carbons (Fsp3) is 0.463. The van der Waals surface area contributed by atoms with E-state index in [0.717, 1.165) is 82.3 Å². The largest absolute Gasteiger partial charge is 0.488 e. The molecule has 5 aromatic rings. The normalized spacial score (nSPS) is 23.9. The molecule has 10 rings (SSSR count). The third-order valence-electron chi connectivity index (χ3n) is 16.1. The molecule has 5 aliphatic rings. The Balaban J connectivity index is 0.740. The van der Waals surface area contributed by atoms with Gasteiger partial charge in [0.1, 0.15) is 24.2 Å². The summed E-state index contributed by atoms with van der Waals surface area (Å²) in [6.45, 7) is 5.92. The minimum Gasteiger partial charge on any atom is -0.488 e. The number of ether oxygens (including phenoxy) is 2. The molecule has 3 unspecified atom stereocenters. The summed E-state index contributed by atoms with van der Waals surface area (Å²) in [4.78, 5) is 68.8. The molecule has 5 N–H and O–H groups in total. The Morgan fingerprint density at radius 3 is 2.38 bits per heavy atom. The lowest BCUT2D eigenvalue weighted by atomic mass is 9.77. The molecule has 1 aliphatic carbocycles. The van der Waals surface area contributed by atoms with Crippen LogP contribution < -0.4 is 31.5 Å². The van der Waals surface area contributed by atoms with Gasteiger partial charge in [0.2, 0.25) is 23.6 Å². The first-order chi connectivity index (χ1) is 34.7. The van der Waals surface area contributed by atoms with E-state index in [-0.39, 0.29) is 77.3 Å². The van der Waals surface area contributed by atoms with Gasteiger partial charge in [0.25, 0.3) is 0 Å². The number of piperidine rings is 2. The Morgan fingerprint density at radius 2 is 1.68 bits per heavy atom. The number of nitrogens with one attached hydrogen (secondary N) is 2. The van der Waals surface area contributed by atoms with E-state index in [0.29, 0.717) is 35.9 Å². The molecule has 4 fully saturated rings. The van der Waals surface area contributed by atoms with Crippen LogP contribution in [-0.2, 0) is 27.0 Å². The average molecular weight is 1010 g/mol. The molecule has 4 amide bonds. The minimum absolute atomic E-state index is 0.0574. The number of fused-ring (bicyclic) bond motifs is 2. The van der Waals surface area contributed by atoms with Crippen molar-refractivity contribution in [3.63, 3.8) is 0 Å². The molecule has 1 saturated carbocycles. The first-order valence-corrected chi connectivity index (χ1v) is 25.5. The lowest BCUT2D eigenvalue weighted by Gasteiger charge is -2.45. The topological polar surface area (TPSA) is 190 Å². The first kappa shape index (κ1) is 49.4. The Bertz CT molecular complexity index is 3000. The van der Waals surface area contributed by atoms with Crippen molar-refractivity contribution in [2.75, 3.05) is 52.5 Å². The van der Waals surface area contributed by atoms with Gasteiger partial charge in [-0.3, -0.25) is 33.6 Å². The molecular formula is C54H60ClF2N7O8. The van der Waals surface area contributed by atoms with Gasteiger partial charge in [0, 0.05) is 86.2 Å². The number of amides is 4. The summed E-state index contributed by atoms with van der Waals surface area (Å²) in [5.74, 6) is -3.31. The van der Waals surface area contributed by atoms with E-state index in [1.165, 1.54) is 28.3 Å². The summed E-state index contributed by atoms with van der Waals surface area (Å²) in [6, 6.07) is 18.7. The number of halogens is 3. The standard InChI is InChI=1S/C54H60ClF2N7O8/c1-30-45-43(25-38(56)48(55)47(45)46-37(50(58)67)13-16-42(49(46)57)71-23-22-65)72-54(30,35-6-4-3-5-7-35)29-59-36-11-8-33(9-12-36)52(69)63-27-31(28-63)26-62-20-18-32(19-21-62)34-10-14-39-41(24-34)61(2)53(70)64(39)40-15-17-44(66)60-51(40)68/h3-7,10,13-14,16,24-25,30-33,36,40,59,65H,8-9,11-12,15,17-23,26-29H2,1-2H3,(H2,58,67)(H,60,66,68). The summed E-state index contributed by atoms with van der Waals surface area (Å²) in [7, 11) is 1.72. The van der Waals surface area contributed by atoms with Crippen LogP contribution in [0.2, 0.25) is 5.02 Å². The van der Waals surface area contributed by atoms with Gasteiger partial charge in [-0.2, -0.15) is 0 Å². The van der Waals surface area contributed by atoms with Gasteiger partial charge in [0.15, 0.2) is 17.2 Å². The zero-order chi connectivity index (χ0) is 50.6. The van der Waals surface area contributed by atoms with Crippen LogP contribution in [0.15, 0.2) is 71.5 Å². The van der Waals surface area contributed by atoms with E-state index in [1.807, 2.05) is 48.2 Å². The zero-order valence-corrected chi connectivity index (χ0v) is 41.2. The number of nitrogens with two attached hydrogens (primary N) is 1. The second-order valence-electron chi connectivity index (χ2n) is 20.3. The molecule has 72 heavy (non-hydrogen) atoms. The van der Waals surface area contributed by atoms with Crippen molar-refractivity contribution in [2.45, 2.75) is 87.8 Å². The van der Waals surface area contributed by atoms with Crippen LogP contribution in [0.1, 0.15) is 103 Å². The third kappa shape index (κ3) is 8.96. The molecule has 0 spiro atoms. The van der Waals surface area contributed by atoms with Crippen LogP contribution in [-0.4, -0.2) is 106 Å². The highest BCUT2D eigenvalue weighted by Gasteiger charge is 2.50. The number of aliphatic hydroxyl groups excluding tert-OH is 1. The molecule has 0 radical (unpaired) electrons. The summed E-state index contributed by atoms with van der Waals surface area (Å²) < 4.78 is 47.7. The van der Waals surface area contributed by atoms with Crippen molar-refractivity contribution in [1.82, 2.24) is 29.6 Å². The van der Waals surface area contributed by atoms with Crippen molar-refractivity contribution in [3.8, 4) is 22.6 Å². The number of imide groups is 1. The second-order valence-corrected chi connectivity index (χ2v) is 20.7. The summed E-state index contributed by atoms with van der Waals surface area (Å²) >= 11 is 6.71. The number of aliphatic hydroxyl groups is 1. The lowest BCUT2D eigenvalue weighted by Crippen LogP contribution is -2.56. The molecule has 4 aliphatic heterocycles. The van der Waals surface area contributed by atoms with Gasteiger partial charge >= 0.3 is 5.69 Å². The van der Waals surface area contributed by atoms with E-state index in [9.17, 15) is 29.1 Å². The van der Waals surface area contributed by atoms with Gasteiger partial charge in [-0.1, -0.05) is 54.9 Å². The number of hydrogen-bond donors (Lipinski definition) is 4. The quantitative estimate of drug-likeness (QED) is 0.0924. The Morgan fingerprint density at radius 1 is 0.944 bits per heavy atom. The van der Waals surface area contributed by atoms with Crippen molar-refractivity contribution in [3.05, 3.63) is 116 Å². The zero-order valence-electron chi connectivity index (χ0n) is 40.4. The summed E-state index contributed by atoms with van der Waals surface area (Å²) in [5.41, 5.74) is 7.63. The SMILES string of the molecule is CC1c2c(cc(F)c(Cl)c2-c2c(C(N)=O)ccc(OCCO)c2F)OC1(CNC1CCC(C(=O)N2CC(CN3CCC(c4ccc5c(c4)n(C)c(=O)n5C4CCC(=O)NC4=O)CC3)C2)CC1)c1ccccc1. The molecule has 3 atom stereocenters. The number of imidazole rings is 1. The maximum atomic E-state index is 16.5. The maximum Gasteiger partial charge on any atom is 0.329 e. The molecule has 18 heteroatoms. The Hall–Kier alpha value is -6.14. The molecule has 0 bridgehead atoms. The van der Waals surface area contributed by atoms with Gasteiger partial charge in [-0.05, 0) is 99.3 Å². The predicted octanol–water partition coefficient (Wildman–Crippen LogP) is 6.26. The number of aryl methyl sites for hydroxylation is 1. The van der Waals surface area contributed by atoms with Crippen LogP contribution in [0.4, 0.5) is 8.78 Å². The highest BCUT2D eigenvalue weighted by molar-refractivity contribution is 6.34. The number of benzene rings is 4. The summed E-state index contributed by atoms with van der Waals surface area (Å²) in [5, 5.41) is 15.1. The van der Waals surface area contributed by atoms with Crippen LogP contribution >= 0.6 is 11.6 Å². The van der Waals surface area contributed by atoms with Crippen molar-refractivity contribution in [1.29, 1.82) is 0 Å². The average Bonchev–Trinajstić information content (AvgIpc) is 3.79. The molecule has 15 nitrogen and oxygen atoms in total. The lowest BCUT2D eigenvalue weighted by molar-refractivity contribution is -0.143. The second kappa shape index (κ2) is 20.0. The van der Waals surface area contributed by atoms with E-state index in [1.54, 1.807) is 11.6 Å². The van der Waals surface area contributed by atoms with Crippen molar-refractivity contribution < 1.29 is 42.5 Å².